The van der Waals surface area contributed by atoms with Crippen LogP contribution in [0.5, 0.6) is 11.5 Å². The monoisotopic (exact) mass is 316 g/mol. The zero-order valence-corrected chi connectivity index (χ0v) is 12.7. The summed E-state index contributed by atoms with van der Waals surface area (Å²) in [5.41, 5.74) is 0.925. The van der Waals surface area contributed by atoms with Gasteiger partial charge in [0.2, 0.25) is 6.79 Å². The number of rotatable bonds is 4. The number of benzene rings is 1. The fraction of sp³-hybridized carbons (Fsp3) is 0.250. The van der Waals surface area contributed by atoms with Crippen molar-refractivity contribution in [3.63, 3.8) is 0 Å². The number of carbonyl (C=O) groups excluding carboxylic acids is 2. The van der Waals surface area contributed by atoms with Crippen LogP contribution in [0.25, 0.3) is 0 Å². The average Bonchev–Trinajstić information content (AvgIpc) is 3.15. The first-order valence-electron chi connectivity index (χ1n) is 7.07. The molecule has 0 fully saturated rings. The summed E-state index contributed by atoms with van der Waals surface area (Å²) in [6.07, 6.45) is 0.802. The van der Waals surface area contributed by atoms with Crippen LogP contribution in [-0.2, 0) is 16.6 Å². The Morgan fingerprint density at radius 1 is 1.26 bits per heavy atom. The van der Waals surface area contributed by atoms with E-state index in [-0.39, 0.29) is 6.79 Å². The molecule has 1 aromatic heterocycles. The largest absolute Gasteiger partial charge is 0.454 e. The zero-order valence-electron chi connectivity index (χ0n) is 12.7. The van der Waals surface area contributed by atoms with Crippen molar-refractivity contribution in [2.75, 3.05) is 12.1 Å². The first kappa shape index (κ1) is 15.0. The molecular formula is C16H16N2O5. The lowest BCUT2D eigenvalue weighted by Crippen LogP contribution is -2.30. The normalized spacial score (nSPS) is 13.5. The molecule has 2 heterocycles. The summed E-state index contributed by atoms with van der Waals surface area (Å²) < 4.78 is 17.3. The maximum Gasteiger partial charge on any atom is 0.355 e. The maximum atomic E-state index is 12.1. The number of aromatic nitrogens is 1. The highest BCUT2D eigenvalue weighted by Crippen LogP contribution is 2.34. The first-order valence-corrected chi connectivity index (χ1v) is 7.07. The SMILES string of the molecule is C[C@H](OC(=O)c1cccn1C)C(=O)Nc1ccc2c(c1)OCO2. The molecule has 1 atom stereocenters. The van der Waals surface area contributed by atoms with Crippen molar-refractivity contribution >= 4 is 17.6 Å². The van der Waals surface area contributed by atoms with Crippen LogP contribution in [0.4, 0.5) is 5.69 Å². The fourth-order valence-electron chi connectivity index (χ4n) is 2.17. The van der Waals surface area contributed by atoms with E-state index in [1.54, 1.807) is 48.1 Å². The number of aryl methyl sites for hydroxylation is 1. The molecule has 120 valence electrons. The summed E-state index contributed by atoms with van der Waals surface area (Å²) in [6, 6.07) is 8.42. The number of hydrogen-bond acceptors (Lipinski definition) is 5. The van der Waals surface area contributed by atoms with E-state index in [1.165, 1.54) is 6.92 Å². The standard InChI is InChI=1S/C16H16N2O5/c1-10(23-16(20)12-4-3-7-18(12)2)15(19)17-11-5-6-13-14(8-11)22-9-21-13/h3-8,10H,9H2,1-2H3,(H,17,19)/t10-/m0/s1. The first-order chi connectivity index (χ1) is 11.0. The van der Waals surface area contributed by atoms with Gasteiger partial charge in [0.15, 0.2) is 17.6 Å². The van der Waals surface area contributed by atoms with Crippen molar-refractivity contribution in [2.45, 2.75) is 13.0 Å². The summed E-state index contributed by atoms with van der Waals surface area (Å²) in [6.45, 7) is 1.68. The quantitative estimate of drug-likeness (QED) is 0.872. The molecule has 0 radical (unpaired) electrons. The molecule has 0 saturated heterocycles. The van der Waals surface area contributed by atoms with Gasteiger partial charge in [-0.3, -0.25) is 4.79 Å². The van der Waals surface area contributed by atoms with Gasteiger partial charge in [-0.15, -0.1) is 0 Å². The Morgan fingerprint density at radius 3 is 2.78 bits per heavy atom. The fourth-order valence-corrected chi connectivity index (χ4v) is 2.17. The number of hydrogen-bond donors (Lipinski definition) is 1. The van der Waals surface area contributed by atoms with Crippen molar-refractivity contribution in [2.24, 2.45) is 7.05 Å². The molecule has 23 heavy (non-hydrogen) atoms. The van der Waals surface area contributed by atoms with Crippen molar-refractivity contribution in [3.8, 4) is 11.5 Å². The lowest BCUT2D eigenvalue weighted by atomic mass is 10.2. The van der Waals surface area contributed by atoms with Crippen molar-refractivity contribution in [1.82, 2.24) is 4.57 Å². The van der Waals surface area contributed by atoms with Gasteiger partial charge in [-0.2, -0.15) is 0 Å². The van der Waals surface area contributed by atoms with Gasteiger partial charge in [-0.1, -0.05) is 0 Å². The Balaban J connectivity index is 1.61. The molecular weight excluding hydrogens is 300 g/mol. The van der Waals surface area contributed by atoms with Gasteiger partial charge in [0.1, 0.15) is 5.69 Å². The molecule has 1 aliphatic rings. The molecule has 0 unspecified atom stereocenters. The summed E-state index contributed by atoms with van der Waals surface area (Å²) >= 11 is 0. The van der Waals surface area contributed by atoms with Gasteiger partial charge in [0.05, 0.1) is 0 Å². The van der Waals surface area contributed by atoms with E-state index in [4.69, 9.17) is 14.2 Å². The molecule has 1 N–H and O–H groups in total. The van der Waals surface area contributed by atoms with E-state index in [2.05, 4.69) is 5.32 Å². The molecule has 1 aromatic carbocycles. The molecule has 1 amide bonds. The molecule has 2 aromatic rings. The number of nitrogens with zero attached hydrogens (tertiary/aromatic N) is 1. The Bertz CT molecular complexity index is 753. The Morgan fingerprint density at radius 2 is 2.04 bits per heavy atom. The second kappa shape index (κ2) is 6.04. The molecule has 7 nitrogen and oxygen atoms in total. The third-order valence-electron chi connectivity index (χ3n) is 3.45. The number of anilines is 1. The predicted octanol–water partition coefficient (Wildman–Crippen LogP) is 1.94. The minimum Gasteiger partial charge on any atom is -0.454 e. The summed E-state index contributed by atoms with van der Waals surface area (Å²) in [4.78, 5) is 24.1. The highest BCUT2D eigenvalue weighted by Gasteiger charge is 2.21. The van der Waals surface area contributed by atoms with Crippen LogP contribution >= 0.6 is 0 Å². The van der Waals surface area contributed by atoms with Crippen LogP contribution in [0.3, 0.4) is 0 Å². The molecule has 0 aliphatic carbocycles. The van der Waals surface area contributed by atoms with Gasteiger partial charge in [0.25, 0.3) is 5.91 Å². The molecule has 0 saturated carbocycles. The van der Waals surface area contributed by atoms with E-state index in [0.29, 0.717) is 22.9 Å². The molecule has 3 rings (SSSR count). The minimum absolute atomic E-state index is 0.164. The maximum absolute atomic E-state index is 12.1. The van der Waals surface area contributed by atoms with Crippen molar-refractivity contribution in [3.05, 3.63) is 42.2 Å². The number of ether oxygens (including phenoxy) is 3. The van der Waals surface area contributed by atoms with Gasteiger partial charge < -0.3 is 24.1 Å². The average molecular weight is 316 g/mol. The van der Waals surface area contributed by atoms with Crippen LogP contribution in [0.15, 0.2) is 36.5 Å². The molecule has 7 heteroatoms. The molecule has 0 bridgehead atoms. The lowest BCUT2D eigenvalue weighted by molar-refractivity contribution is -0.123. The van der Waals surface area contributed by atoms with Gasteiger partial charge in [-0.25, -0.2) is 4.79 Å². The van der Waals surface area contributed by atoms with Gasteiger partial charge in [0, 0.05) is 25.0 Å². The van der Waals surface area contributed by atoms with Crippen molar-refractivity contribution in [1.29, 1.82) is 0 Å². The third-order valence-corrected chi connectivity index (χ3v) is 3.45. The van der Waals surface area contributed by atoms with Gasteiger partial charge in [-0.05, 0) is 31.2 Å². The van der Waals surface area contributed by atoms with E-state index in [1.807, 2.05) is 0 Å². The second-order valence-corrected chi connectivity index (χ2v) is 5.11. The number of carbonyl (C=O) groups is 2. The Kier molecular flexibility index (Phi) is 3.92. The number of amides is 1. The summed E-state index contributed by atoms with van der Waals surface area (Å²) in [5.74, 6) is 0.222. The summed E-state index contributed by atoms with van der Waals surface area (Å²) in [5, 5.41) is 2.68. The lowest BCUT2D eigenvalue weighted by Gasteiger charge is -2.14. The van der Waals surface area contributed by atoms with Crippen LogP contribution in [0.2, 0.25) is 0 Å². The smallest absolute Gasteiger partial charge is 0.355 e. The van der Waals surface area contributed by atoms with Crippen LogP contribution < -0.4 is 14.8 Å². The van der Waals surface area contributed by atoms with Crippen LogP contribution in [0, 0.1) is 0 Å². The predicted molar refractivity (Wildman–Crippen MR) is 81.5 cm³/mol. The van der Waals surface area contributed by atoms with E-state index in [9.17, 15) is 9.59 Å². The summed E-state index contributed by atoms with van der Waals surface area (Å²) in [7, 11) is 1.73. The van der Waals surface area contributed by atoms with E-state index in [0.717, 1.165) is 0 Å². The highest BCUT2D eigenvalue weighted by atomic mass is 16.7. The van der Waals surface area contributed by atoms with Crippen molar-refractivity contribution < 1.29 is 23.8 Å². The number of nitrogens with one attached hydrogen (secondary N) is 1. The topological polar surface area (TPSA) is 78.8 Å². The number of fused-ring (bicyclic) bond motifs is 1. The van der Waals surface area contributed by atoms with Crippen LogP contribution in [0.1, 0.15) is 17.4 Å². The Hall–Kier alpha value is -2.96. The second-order valence-electron chi connectivity index (χ2n) is 5.11. The highest BCUT2D eigenvalue weighted by molar-refractivity contribution is 5.97. The molecule has 1 aliphatic heterocycles. The number of esters is 1. The van der Waals surface area contributed by atoms with E-state index < -0.39 is 18.0 Å². The third kappa shape index (κ3) is 3.13. The van der Waals surface area contributed by atoms with Gasteiger partial charge >= 0.3 is 5.97 Å². The molecule has 0 spiro atoms. The zero-order chi connectivity index (χ0) is 16.4. The minimum atomic E-state index is -0.928. The Labute approximate surface area is 132 Å². The van der Waals surface area contributed by atoms with E-state index >= 15 is 0 Å². The van der Waals surface area contributed by atoms with Crippen LogP contribution in [-0.4, -0.2) is 29.3 Å².